The van der Waals surface area contributed by atoms with Gasteiger partial charge in [0, 0.05) is 35.3 Å². The van der Waals surface area contributed by atoms with E-state index in [9.17, 15) is 5.11 Å². The third-order valence-electron chi connectivity index (χ3n) is 3.42. The van der Waals surface area contributed by atoms with Crippen LogP contribution in [0, 0.1) is 0 Å². The van der Waals surface area contributed by atoms with Crippen LogP contribution in [0.25, 0.3) is 0 Å². The van der Waals surface area contributed by atoms with E-state index in [0.717, 1.165) is 18.4 Å². The van der Waals surface area contributed by atoms with Gasteiger partial charge in [0.05, 0.1) is 6.61 Å². The fourth-order valence-corrected chi connectivity index (χ4v) is 2.58. The molecular formula is C13H17Cl2NO2. The smallest absolute Gasteiger partial charge is 0.0615 e. The van der Waals surface area contributed by atoms with Crippen molar-refractivity contribution in [1.29, 1.82) is 0 Å². The van der Waals surface area contributed by atoms with Gasteiger partial charge in [0.2, 0.25) is 0 Å². The first-order chi connectivity index (χ1) is 8.65. The van der Waals surface area contributed by atoms with Crippen LogP contribution >= 0.6 is 23.2 Å². The molecule has 0 atom stereocenters. The molecule has 0 aromatic heterocycles. The van der Waals surface area contributed by atoms with Crippen LogP contribution in [0.1, 0.15) is 18.4 Å². The fourth-order valence-electron chi connectivity index (χ4n) is 2.10. The Labute approximate surface area is 117 Å². The Kier molecular flexibility index (Phi) is 4.87. The number of aliphatic hydroxyl groups excluding tert-OH is 1. The SMILES string of the molecule is OCC1(NCc2ccc(Cl)cc2Cl)CCOCC1. The van der Waals surface area contributed by atoms with Gasteiger partial charge in [-0.25, -0.2) is 0 Å². The number of ether oxygens (including phenoxy) is 1. The van der Waals surface area contributed by atoms with E-state index < -0.39 is 0 Å². The Balaban J connectivity index is 2.01. The van der Waals surface area contributed by atoms with Gasteiger partial charge in [-0.1, -0.05) is 29.3 Å². The van der Waals surface area contributed by atoms with Gasteiger partial charge in [0.25, 0.3) is 0 Å². The summed E-state index contributed by atoms with van der Waals surface area (Å²) < 4.78 is 5.32. The molecule has 0 unspecified atom stereocenters. The first-order valence-electron chi connectivity index (χ1n) is 6.03. The molecule has 0 saturated carbocycles. The highest BCUT2D eigenvalue weighted by atomic mass is 35.5. The standard InChI is InChI=1S/C13H17Cl2NO2/c14-11-2-1-10(12(15)7-11)8-16-13(9-17)3-5-18-6-4-13/h1-2,7,16-17H,3-6,8-9H2. The summed E-state index contributed by atoms with van der Waals surface area (Å²) in [5.41, 5.74) is 0.738. The number of hydrogen-bond acceptors (Lipinski definition) is 3. The molecule has 5 heteroatoms. The number of rotatable bonds is 4. The summed E-state index contributed by atoms with van der Waals surface area (Å²) in [4.78, 5) is 0. The summed E-state index contributed by atoms with van der Waals surface area (Å²) in [5.74, 6) is 0. The van der Waals surface area contributed by atoms with Crippen LogP contribution in [-0.4, -0.2) is 30.5 Å². The van der Waals surface area contributed by atoms with E-state index in [1.54, 1.807) is 6.07 Å². The van der Waals surface area contributed by atoms with Crippen molar-refractivity contribution in [2.75, 3.05) is 19.8 Å². The molecule has 100 valence electrons. The first-order valence-corrected chi connectivity index (χ1v) is 6.78. The molecule has 1 saturated heterocycles. The van der Waals surface area contributed by atoms with Gasteiger partial charge in [-0.3, -0.25) is 0 Å². The Hall–Kier alpha value is -0.320. The molecule has 1 aromatic carbocycles. The highest BCUT2D eigenvalue weighted by Crippen LogP contribution is 2.24. The first kappa shape index (κ1) is 14.1. The summed E-state index contributed by atoms with van der Waals surface area (Å²) in [7, 11) is 0. The molecule has 1 aliphatic rings. The van der Waals surface area contributed by atoms with Gasteiger partial charge in [0.1, 0.15) is 0 Å². The minimum Gasteiger partial charge on any atom is -0.394 e. The summed E-state index contributed by atoms with van der Waals surface area (Å²) in [5, 5.41) is 14.2. The van der Waals surface area contributed by atoms with E-state index in [1.807, 2.05) is 12.1 Å². The van der Waals surface area contributed by atoms with Gasteiger partial charge in [-0.15, -0.1) is 0 Å². The van der Waals surface area contributed by atoms with E-state index in [0.29, 0.717) is 29.8 Å². The minimum atomic E-state index is -0.249. The molecule has 0 spiro atoms. The van der Waals surface area contributed by atoms with Crippen LogP contribution < -0.4 is 5.32 Å². The minimum absolute atomic E-state index is 0.113. The number of aliphatic hydroxyl groups is 1. The second kappa shape index (κ2) is 6.22. The molecule has 1 aliphatic heterocycles. The van der Waals surface area contributed by atoms with Gasteiger partial charge >= 0.3 is 0 Å². The average Bonchev–Trinajstić information content (AvgIpc) is 2.39. The maximum atomic E-state index is 9.56. The predicted octanol–water partition coefficient (Wildman–Crippen LogP) is 2.62. The zero-order chi connectivity index (χ0) is 13.0. The second-order valence-electron chi connectivity index (χ2n) is 4.64. The van der Waals surface area contributed by atoms with Crippen LogP contribution in [0.2, 0.25) is 10.0 Å². The number of hydrogen-bond donors (Lipinski definition) is 2. The van der Waals surface area contributed by atoms with Crippen molar-refractivity contribution in [2.24, 2.45) is 0 Å². The van der Waals surface area contributed by atoms with Crippen LogP contribution in [0.3, 0.4) is 0 Å². The maximum absolute atomic E-state index is 9.56. The summed E-state index contributed by atoms with van der Waals surface area (Å²) in [6.45, 7) is 2.10. The Morgan fingerprint density at radius 2 is 2.00 bits per heavy atom. The van der Waals surface area contributed by atoms with E-state index in [2.05, 4.69) is 5.32 Å². The Morgan fingerprint density at radius 1 is 1.28 bits per heavy atom. The van der Waals surface area contributed by atoms with E-state index in [-0.39, 0.29) is 12.1 Å². The molecule has 1 aromatic rings. The van der Waals surface area contributed by atoms with Crippen molar-refractivity contribution in [1.82, 2.24) is 5.32 Å². The molecule has 1 fully saturated rings. The molecule has 0 amide bonds. The molecule has 2 rings (SSSR count). The van der Waals surface area contributed by atoms with Crippen molar-refractivity contribution < 1.29 is 9.84 Å². The van der Waals surface area contributed by atoms with Crippen LogP contribution in [-0.2, 0) is 11.3 Å². The molecule has 0 aliphatic carbocycles. The normalized spacial score (nSPS) is 18.8. The largest absolute Gasteiger partial charge is 0.394 e. The second-order valence-corrected chi connectivity index (χ2v) is 5.48. The molecular weight excluding hydrogens is 273 g/mol. The lowest BCUT2D eigenvalue weighted by Crippen LogP contribution is -2.51. The van der Waals surface area contributed by atoms with Gasteiger partial charge in [-0.05, 0) is 30.5 Å². The maximum Gasteiger partial charge on any atom is 0.0615 e. The zero-order valence-corrected chi connectivity index (χ0v) is 11.6. The van der Waals surface area contributed by atoms with Crippen LogP contribution in [0.4, 0.5) is 0 Å². The Bertz CT molecular complexity index is 406. The van der Waals surface area contributed by atoms with Gasteiger partial charge < -0.3 is 15.2 Å². The number of nitrogens with one attached hydrogen (secondary N) is 1. The van der Waals surface area contributed by atoms with Crippen molar-refractivity contribution in [2.45, 2.75) is 24.9 Å². The summed E-state index contributed by atoms with van der Waals surface area (Å²) >= 11 is 12.0. The summed E-state index contributed by atoms with van der Waals surface area (Å²) in [6, 6.07) is 5.46. The van der Waals surface area contributed by atoms with Crippen molar-refractivity contribution in [3.05, 3.63) is 33.8 Å². The fraction of sp³-hybridized carbons (Fsp3) is 0.538. The average molecular weight is 290 g/mol. The van der Waals surface area contributed by atoms with Crippen molar-refractivity contribution in [3.63, 3.8) is 0 Å². The van der Waals surface area contributed by atoms with E-state index in [4.69, 9.17) is 27.9 Å². The van der Waals surface area contributed by atoms with E-state index >= 15 is 0 Å². The van der Waals surface area contributed by atoms with Crippen LogP contribution in [0.5, 0.6) is 0 Å². The lowest BCUT2D eigenvalue weighted by molar-refractivity contribution is 0.0112. The highest BCUT2D eigenvalue weighted by molar-refractivity contribution is 6.35. The molecule has 1 heterocycles. The summed E-state index contributed by atoms with van der Waals surface area (Å²) in [6.07, 6.45) is 1.63. The third-order valence-corrected chi connectivity index (χ3v) is 4.01. The van der Waals surface area contributed by atoms with Gasteiger partial charge in [-0.2, -0.15) is 0 Å². The predicted molar refractivity (Wildman–Crippen MR) is 73.2 cm³/mol. The highest BCUT2D eigenvalue weighted by Gasteiger charge is 2.31. The van der Waals surface area contributed by atoms with Crippen LogP contribution in [0.15, 0.2) is 18.2 Å². The van der Waals surface area contributed by atoms with E-state index in [1.165, 1.54) is 0 Å². The molecule has 0 bridgehead atoms. The quantitative estimate of drug-likeness (QED) is 0.895. The third kappa shape index (κ3) is 3.37. The Morgan fingerprint density at radius 3 is 2.61 bits per heavy atom. The van der Waals surface area contributed by atoms with Crippen molar-refractivity contribution in [3.8, 4) is 0 Å². The molecule has 2 N–H and O–H groups in total. The molecule has 3 nitrogen and oxygen atoms in total. The zero-order valence-electron chi connectivity index (χ0n) is 10.1. The molecule has 18 heavy (non-hydrogen) atoms. The number of halogens is 2. The monoisotopic (exact) mass is 289 g/mol. The topological polar surface area (TPSA) is 41.5 Å². The van der Waals surface area contributed by atoms with Crippen molar-refractivity contribution >= 4 is 23.2 Å². The van der Waals surface area contributed by atoms with Gasteiger partial charge in [0.15, 0.2) is 0 Å². The lowest BCUT2D eigenvalue weighted by Gasteiger charge is -2.36. The lowest BCUT2D eigenvalue weighted by atomic mass is 9.90. The number of benzene rings is 1. The molecule has 0 radical (unpaired) electrons.